The highest BCUT2D eigenvalue weighted by Gasteiger charge is 2.20. The van der Waals surface area contributed by atoms with Crippen molar-refractivity contribution >= 4 is 27.2 Å². The summed E-state index contributed by atoms with van der Waals surface area (Å²) in [6, 6.07) is 17.7. The van der Waals surface area contributed by atoms with Crippen LogP contribution in [0.25, 0.3) is 0 Å². The molecule has 0 aliphatic heterocycles. The third-order valence-electron chi connectivity index (χ3n) is 4.09. The summed E-state index contributed by atoms with van der Waals surface area (Å²) in [6.45, 7) is 1.85. The number of para-hydroxylation sites is 1. The molecule has 0 atom stereocenters. The van der Waals surface area contributed by atoms with Crippen LogP contribution in [0.3, 0.4) is 0 Å². The molecule has 28 heavy (non-hydrogen) atoms. The molecule has 0 aliphatic rings. The maximum Gasteiger partial charge on any atom is 0.269 e. The normalized spacial score (nSPS) is 11.0. The van der Waals surface area contributed by atoms with E-state index in [0.717, 1.165) is 5.56 Å². The Morgan fingerprint density at radius 1 is 0.929 bits per heavy atom. The Morgan fingerprint density at radius 2 is 1.54 bits per heavy atom. The van der Waals surface area contributed by atoms with Crippen molar-refractivity contribution in [3.8, 4) is 0 Å². The molecule has 0 saturated carbocycles. The van der Waals surface area contributed by atoms with Crippen LogP contribution in [0.4, 0.5) is 11.4 Å². The van der Waals surface area contributed by atoms with Gasteiger partial charge in [-0.25, -0.2) is 8.42 Å². The highest BCUT2D eigenvalue weighted by molar-refractivity contribution is 7.92. The average molecular weight is 396 g/mol. The third kappa shape index (κ3) is 4.07. The Bertz CT molecular complexity index is 1140. The quantitative estimate of drug-likeness (QED) is 0.386. The molecule has 0 bridgehead atoms. The van der Waals surface area contributed by atoms with Crippen molar-refractivity contribution in [3.05, 3.63) is 99.6 Å². The van der Waals surface area contributed by atoms with E-state index in [9.17, 15) is 23.3 Å². The van der Waals surface area contributed by atoms with E-state index in [1.165, 1.54) is 48.5 Å². The van der Waals surface area contributed by atoms with Crippen molar-refractivity contribution in [1.82, 2.24) is 0 Å². The third-order valence-corrected chi connectivity index (χ3v) is 5.47. The van der Waals surface area contributed by atoms with Crippen LogP contribution in [-0.2, 0) is 10.0 Å². The van der Waals surface area contributed by atoms with E-state index >= 15 is 0 Å². The van der Waals surface area contributed by atoms with Crippen molar-refractivity contribution in [2.45, 2.75) is 11.8 Å². The fourth-order valence-corrected chi connectivity index (χ4v) is 3.66. The molecule has 3 aromatic rings. The number of carbonyl (C=O) groups is 1. The van der Waals surface area contributed by atoms with Crippen LogP contribution in [0, 0.1) is 17.0 Å². The van der Waals surface area contributed by atoms with Crippen molar-refractivity contribution in [2.75, 3.05) is 4.72 Å². The predicted molar refractivity (Wildman–Crippen MR) is 105 cm³/mol. The first-order valence-electron chi connectivity index (χ1n) is 8.25. The number of aryl methyl sites for hydroxylation is 1. The van der Waals surface area contributed by atoms with Crippen LogP contribution in [0.15, 0.2) is 77.7 Å². The molecule has 142 valence electrons. The topological polar surface area (TPSA) is 106 Å². The molecule has 0 unspecified atom stereocenters. The predicted octanol–water partition coefficient (Wildman–Crippen LogP) is 3.94. The summed E-state index contributed by atoms with van der Waals surface area (Å²) in [6.07, 6.45) is 0. The van der Waals surface area contributed by atoms with Crippen molar-refractivity contribution in [3.63, 3.8) is 0 Å². The van der Waals surface area contributed by atoms with Gasteiger partial charge in [-0.2, -0.15) is 0 Å². The summed E-state index contributed by atoms with van der Waals surface area (Å²) < 4.78 is 27.7. The van der Waals surface area contributed by atoms with Gasteiger partial charge in [-0.05, 0) is 43.3 Å². The Kier molecular flexibility index (Phi) is 5.23. The van der Waals surface area contributed by atoms with Crippen molar-refractivity contribution in [2.24, 2.45) is 0 Å². The maximum absolute atomic E-state index is 12.8. The standard InChI is InChI=1S/C20H16N2O5S/c1-14-6-12-17(13-7-14)28(26,27)21-19-5-3-2-4-18(19)20(23)15-8-10-16(11-9-15)22(24)25/h2-13,21H,1H3. The first-order valence-corrected chi connectivity index (χ1v) is 9.74. The highest BCUT2D eigenvalue weighted by atomic mass is 32.2. The number of nitro benzene ring substituents is 1. The number of non-ortho nitro benzene ring substituents is 1. The zero-order chi connectivity index (χ0) is 20.3. The lowest BCUT2D eigenvalue weighted by Crippen LogP contribution is -2.16. The molecule has 7 nitrogen and oxygen atoms in total. The van der Waals surface area contributed by atoms with Gasteiger partial charge >= 0.3 is 0 Å². The van der Waals surface area contributed by atoms with Crippen LogP contribution in [-0.4, -0.2) is 19.1 Å². The summed E-state index contributed by atoms with van der Waals surface area (Å²) >= 11 is 0. The van der Waals surface area contributed by atoms with Gasteiger partial charge in [0.05, 0.1) is 15.5 Å². The van der Waals surface area contributed by atoms with E-state index in [-0.39, 0.29) is 27.4 Å². The number of benzene rings is 3. The van der Waals surface area contributed by atoms with Crippen LogP contribution < -0.4 is 4.72 Å². The first-order chi connectivity index (χ1) is 13.3. The van der Waals surface area contributed by atoms with Crippen LogP contribution in [0.2, 0.25) is 0 Å². The molecule has 0 aromatic heterocycles. The Hall–Kier alpha value is -3.52. The lowest BCUT2D eigenvalue weighted by atomic mass is 10.0. The van der Waals surface area contributed by atoms with Gasteiger partial charge in [0, 0.05) is 23.3 Å². The number of hydrogen-bond acceptors (Lipinski definition) is 5. The Morgan fingerprint density at radius 3 is 2.14 bits per heavy atom. The Labute approximate surface area is 161 Å². The summed E-state index contributed by atoms with van der Waals surface area (Å²) in [5, 5.41) is 10.8. The first kappa shape index (κ1) is 19.2. The number of nitro groups is 1. The largest absolute Gasteiger partial charge is 0.289 e. The number of carbonyl (C=O) groups excluding carboxylic acids is 1. The molecule has 0 saturated heterocycles. The molecule has 3 rings (SSSR count). The monoisotopic (exact) mass is 396 g/mol. The van der Waals surface area contributed by atoms with Gasteiger partial charge in [-0.3, -0.25) is 19.6 Å². The smallest absolute Gasteiger partial charge is 0.269 e. The van der Waals surface area contributed by atoms with E-state index in [0.29, 0.717) is 0 Å². The number of rotatable bonds is 6. The van der Waals surface area contributed by atoms with E-state index in [2.05, 4.69) is 4.72 Å². The fraction of sp³-hybridized carbons (Fsp3) is 0.0500. The lowest BCUT2D eigenvalue weighted by Gasteiger charge is -2.12. The van der Waals surface area contributed by atoms with E-state index in [4.69, 9.17) is 0 Å². The summed E-state index contributed by atoms with van der Waals surface area (Å²) in [5.74, 6) is -0.447. The number of ketones is 1. The van der Waals surface area contributed by atoms with Crippen molar-refractivity contribution in [1.29, 1.82) is 0 Å². The number of hydrogen-bond donors (Lipinski definition) is 1. The average Bonchev–Trinajstić information content (AvgIpc) is 2.68. The minimum absolute atomic E-state index is 0.0793. The van der Waals surface area contributed by atoms with Gasteiger partial charge in [0.15, 0.2) is 5.78 Å². The molecule has 0 heterocycles. The number of anilines is 1. The molecule has 0 aliphatic carbocycles. The molecule has 1 N–H and O–H groups in total. The zero-order valence-electron chi connectivity index (χ0n) is 14.8. The molecule has 0 spiro atoms. The Balaban J connectivity index is 1.93. The highest BCUT2D eigenvalue weighted by Crippen LogP contribution is 2.24. The van der Waals surface area contributed by atoms with Crippen LogP contribution in [0.1, 0.15) is 21.5 Å². The van der Waals surface area contributed by atoms with Gasteiger partial charge < -0.3 is 0 Å². The number of nitrogens with one attached hydrogen (secondary N) is 1. The summed E-state index contributed by atoms with van der Waals surface area (Å²) in [5.41, 5.74) is 1.28. The van der Waals surface area contributed by atoms with E-state index in [1.54, 1.807) is 24.3 Å². The molecular weight excluding hydrogens is 380 g/mol. The minimum Gasteiger partial charge on any atom is -0.289 e. The van der Waals surface area contributed by atoms with E-state index < -0.39 is 20.7 Å². The van der Waals surface area contributed by atoms with Gasteiger partial charge in [-0.1, -0.05) is 29.8 Å². The summed E-state index contributed by atoms with van der Waals surface area (Å²) in [4.78, 5) is 23.1. The number of sulfonamides is 1. The van der Waals surface area contributed by atoms with Gasteiger partial charge in [-0.15, -0.1) is 0 Å². The van der Waals surface area contributed by atoms with Crippen LogP contribution in [0.5, 0.6) is 0 Å². The maximum atomic E-state index is 12.8. The van der Waals surface area contributed by atoms with E-state index in [1.807, 2.05) is 6.92 Å². The van der Waals surface area contributed by atoms with Gasteiger partial charge in [0.1, 0.15) is 0 Å². The zero-order valence-corrected chi connectivity index (χ0v) is 15.6. The number of nitrogens with zero attached hydrogens (tertiary/aromatic N) is 1. The molecule has 0 radical (unpaired) electrons. The molecular formula is C20H16N2O5S. The second kappa shape index (κ2) is 7.61. The molecule has 0 amide bonds. The van der Waals surface area contributed by atoms with Gasteiger partial charge in [0.2, 0.25) is 0 Å². The van der Waals surface area contributed by atoms with Gasteiger partial charge in [0.25, 0.3) is 15.7 Å². The van der Waals surface area contributed by atoms with Crippen molar-refractivity contribution < 1.29 is 18.1 Å². The summed E-state index contributed by atoms with van der Waals surface area (Å²) in [7, 11) is -3.88. The fourth-order valence-electron chi connectivity index (χ4n) is 2.58. The van der Waals surface area contributed by atoms with Crippen LogP contribution >= 0.6 is 0 Å². The molecule has 8 heteroatoms. The molecule has 0 fully saturated rings. The second-order valence-electron chi connectivity index (χ2n) is 6.10. The SMILES string of the molecule is Cc1ccc(S(=O)(=O)Nc2ccccc2C(=O)c2ccc([N+](=O)[O-])cc2)cc1. The minimum atomic E-state index is -3.88. The second-order valence-corrected chi connectivity index (χ2v) is 7.78. The molecule has 3 aromatic carbocycles. The lowest BCUT2D eigenvalue weighted by molar-refractivity contribution is -0.384.